The second-order valence-corrected chi connectivity index (χ2v) is 6.28. The largest absolute Gasteiger partial charge is 0.312 e. The highest BCUT2D eigenvalue weighted by molar-refractivity contribution is 5.85. The van der Waals surface area contributed by atoms with Gasteiger partial charge in [-0.15, -0.1) is 0 Å². The standard InChI is InChI=1S/C19H25N/c1-19(2,3)20-15-8-4-5-10-16-12-9-13-17-11-6-7-14-18(16)17/h4-7,9,11-14,20H,8,10,15H2,1-3H3. The SMILES string of the molecule is CC(C)(C)NCCC=CCc1cccc2ccccc12. The molecule has 2 rings (SSSR count). The number of hydrogen-bond acceptors (Lipinski definition) is 1. The van der Waals surface area contributed by atoms with Crippen LogP contribution in [-0.4, -0.2) is 12.1 Å². The zero-order chi connectivity index (χ0) is 14.4. The lowest BCUT2D eigenvalue weighted by atomic mass is 10.0. The molecular weight excluding hydrogens is 242 g/mol. The fourth-order valence-electron chi connectivity index (χ4n) is 2.33. The Morgan fingerprint density at radius 1 is 0.950 bits per heavy atom. The maximum atomic E-state index is 3.50. The van der Waals surface area contributed by atoms with Crippen LogP contribution in [0.4, 0.5) is 0 Å². The van der Waals surface area contributed by atoms with E-state index in [0.29, 0.717) is 0 Å². The van der Waals surface area contributed by atoms with E-state index in [9.17, 15) is 0 Å². The second kappa shape index (κ2) is 6.71. The first-order valence-electron chi connectivity index (χ1n) is 7.43. The molecule has 0 aromatic heterocycles. The smallest absolute Gasteiger partial charge is 0.00966 e. The van der Waals surface area contributed by atoms with Crippen molar-refractivity contribution in [3.63, 3.8) is 0 Å². The van der Waals surface area contributed by atoms with E-state index in [0.717, 1.165) is 19.4 Å². The molecule has 0 heterocycles. The lowest BCUT2D eigenvalue weighted by molar-refractivity contribution is 0.431. The van der Waals surface area contributed by atoms with Gasteiger partial charge in [0.2, 0.25) is 0 Å². The van der Waals surface area contributed by atoms with Gasteiger partial charge in [0.1, 0.15) is 0 Å². The molecule has 1 N–H and O–H groups in total. The number of hydrogen-bond donors (Lipinski definition) is 1. The molecule has 0 aliphatic rings. The van der Waals surface area contributed by atoms with Crippen LogP contribution in [0.2, 0.25) is 0 Å². The molecule has 0 fully saturated rings. The van der Waals surface area contributed by atoms with Gasteiger partial charge in [-0.1, -0.05) is 54.6 Å². The molecule has 2 aromatic carbocycles. The summed E-state index contributed by atoms with van der Waals surface area (Å²) < 4.78 is 0. The van der Waals surface area contributed by atoms with E-state index in [1.165, 1.54) is 16.3 Å². The van der Waals surface area contributed by atoms with E-state index < -0.39 is 0 Å². The van der Waals surface area contributed by atoms with Crippen LogP contribution in [0, 0.1) is 0 Å². The number of benzene rings is 2. The van der Waals surface area contributed by atoms with E-state index in [4.69, 9.17) is 0 Å². The van der Waals surface area contributed by atoms with Gasteiger partial charge in [0.05, 0.1) is 0 Å². The fraction of sp³-hybridized carbons (Fsp3) is 0.368. The monoisotopic (exact) mass is 267 g/mol. The summed E-state index contributed by atoms with van der Waals surface area (Å²) >= 11 is 0. The summed E-state index contributed by atoms with van der Waals surface area (Å²) in [6, 6.07) is 15.1. The van der Waals surface area contributed by atoms with Crippen LogP contribution in [0.15, 0.2) is 54.6 Å². The molecule has 0 atom stereocenters. The summed E-state index contributed by atoms with van der Waals surface area (Å²) in [4.78, 5) is 0. The highest BCUT2D eigenvalue weighted by Gasteiger charge is 2.06. The van der Waals surface area contributed by atoms with Crippen LogP contribution in [0.1, 0.15) is 32.8 Å². The van der Waals surface area contributed by atoms with Gasteiger partial charge in [-0.2, -0.15) is 0 Å². The molecular formula is C19H25N. The Bertz CT molecular complexity index is 570. The Labute approximate surface area is 122 Å². The summed E-state index contributed by atoms with van der Waals surface area (Å²) in [6.07, 6.45) is 6.66. The summed E-state index contributed by atoms with van der Waals surface area (Å²) in [5, 5.41) is 6.19. The average molecular weight is 267 g/mol. The van der Waals surface area contributed by atoms with Crippen molar-refractivity contribution in [2.75, 3.05) is 6.54 Å². The molecule has 0 radical (unpaired) electrons. The van der Waals surface area contributed by atoms with Gasteiger partial charge in [-0.3, -0.25) is 0 Å². The van der Waals surface area contributed by atoms with Crippen molar-refractivity contribution in [2.45, 2.75) is 39.2 Å². The molecule has 0 aliphatic carbocycles. The number of allylic oxidation sites excluding steroid dienone is 1. The van der Waals surface area contributed by atoms with Gasteiger partial charge in [0.25, 0.3) is 0 Å². The predicted octanol–water partition coefficient (Wildman–Crippen LogP) is 4.72. The molecule has 0 saturated carbocycles. The molecule has 1 heteroatoms. The zero-order valence-electron chi connectivity index (χ0n) is 12.8. The van der Waals surface area contributed by atoms with Crippen molar-refractivity contribution in [1.82, 2.24) is 5.32 Å². The third-order valence-corrected chi connectivity index (χ3v) is 3.35. The minimum absolute atomic E-state index is 0.212. The number of rotatable bonds is 5. The lowest BCUT2D eigenvalue weighted by Gasteiger charge is -2.19. The first-order valence-corrected chi connectivity index (χ1v) is 7.43. The topological polar surface area (TPSA) is 12.0 Å². The van der Waals surface area contributed by atoms with Crippen molar-refractivity contribution in [3.8, 4) is 0 Å². The van der Waals surface area contributed by atoms with Crippen LogP contribution in [0.5, 0.6) is 0 Å². The third kappa shape index (κ3) is 4.50. The van der Waals surface area contributed by atoms with Crippen LogP contribution in [0.25, 0.3) is 10.8 Å². The van der Waals surface area contributed by atoms with Gasteiger partial charge >= 0.3 is 0 Å². The average Bonchev–Trinajstić information content (AvgIpc) is 2.41. The quantitative estimate of drug-likeness (QED) is 0.610. The van der Waals surface area contributed by atoms with Crippen LogP contribution < -0.4 is 5.32 Å². The van der Waals surface area contributed by atoms with E-state index in [2.05, 4.69) is 80.7 Å². The van der Waals surface area contributed by atoms with Crippen molar-refractivity contribution in [2.24, 2.45) is 0 Å². The molecule has 0 unspecified atom stereocenters. The van der Waals surface area contributed by atoms with Crippen molar-refractivity contribution in [3.05, 3.63) is 60.2 Å². The first-order chi connectivity index (χ1) is 9.56. The minimum atomic E-state index is 0.212. The van der Waals surface area contributed by atoms with Gasteiger partial charge in [0.15, 0.2) is 0 Å². The summed E-state index contributed by atoms with van der Waals surface area (Å²) in [7, 11) is 0. The molecule has 106 valence electrons. The Kier molecular flexibility index (Phi) is 4.97. The molecule has 0 bridgehead atoms. The fourth-order valence-corrected chi connectivity index (χ4v) is 2.33. The Morgan fingerprint density at radius 3 is 2.50 bits per heavy atom. The van der Waals surface area contributed by atoms with Crippen molar-refractivity contribution < 1.29 is 0 Å². The molecule has 0 spiro atoms. The normalized spacial score (nSPS) is 12.3. The highest BCUT2D eigenvalue weighted by Crippen LogP contribution is 2.19. The second-order valence-electron chi connectivity index (χ2n) is 6.28. The van der Waals surface area contributed by atoms with Gasteiger partial charge in [0, 0.05) is 5.54 Å². The van der Waals surface area contributed by atoms with E-state index in [1.807, 2.05) is 0 Å². The summed E-state index contributed by atoms with van der Waals surface area (Å²) in [5.41, 5.74) is 1.62. The minimum Gasteiger partial charge on any atom is -0.312 e. The Balaban J connectivity index is 1.90. The Morgan fingerprint density at radius 2 is 1.70 bits per heavy atom. The molecule has 1 nitrogen and oxygen atoms in total. The maximum absolute atomic E-state index is 3.50. The number of nitrogens with one attached hydrogen (secondary N) is 1. The lowest BCUT2D eigenvalue weighted by Crippen LogP contribution is -2.36. The highest BCUT2D eigenvalue weighted by atomic mass is 14.9. The van der Waals surface area contributed by atoms with Gasteiger partial charge in [-0.25, -0.2) is 0 Å². The van der Waals surface area contributed by atoms with Crippen LogP contribution >= 0.6 is 0 Å². The maximum Gasteiger partial charge on any atom is 0.00966 e. The van der Waals surface area contributed by atoms with Crippen LogP contribution in [-0.2, 0) is 6.42 Å². The summed E-state index contributed by atoms with van der Waals surface area (Å²) in [6.45, 7) is 7.64. The van der Waals surface area contributed by atoms with Crippen molar-refractivity contribution >= 4 is 10.8 Å². The molecule has 20 heavy (non-hydrogen) atoms. The molecule has 0 aliphatic heterocycles. The third-order valence-electron chi connectivity index (χ3n) is 3.35. The first kappa shape index (κ1) is 14.8. The van der Waals surface area contributed by atoms with Gasteiger partial charge < -0.3 is 5.32 Å². The van der Waals surface area contributed by atoms with Gasteiger partial charge in [-0.05, 0) is 56.5 Å². The van der Waals surface area contributed by atoms with E-state index in [1.54, 1.807) is 0 Å². The van der Waals surface area contributed by atoms with Crippen LogP contribution in [0.3, 0.4) is 0 Å². The van der Waals surface area contributed by atoms with E-state index >= 15 is 0 Å². The molecule has 0 saturated heterocycles. The summed E-state index contributed by atoms with van der Waals surface area (Å²) in [5.74, 6) is 0. The zero-order valence-corrected chi connectivity index (χ0v) is 12.8. The molecule has 2 aromatic rings. The van der Waals surface area contributed by atoms with Crippen molar-refractivity contribution in [1.29, 1.82) is 0 Å². The Hall–Kier alpha value is -1.60. The number of fused-ring (bicyclic) bond motifs is 1. The molecule has 0 amide bonds. The van der Waals surface area contributed by atoms with E-state index in [-0.39, 0.29) is 5.54 Å². The predicted molar refractivity (Wildman–Crippen MR) is 89.2 cm³/mol.